The molecule has 1 aromatic heterocycles. The average Bonchev–Trinajstić information content (AvgIpc) is 3.00. The van der Waals surface area contributed by atoms with Crippen molar-refractivity contribution in [3.05, 3.63) is 42.2 Å². The second-order valence-corrected chi connectivity index (χ2v) is 6.24. The minimum Gasteiger partial charge on any atom is -0.351 e. The Morgan fingerprint density at radius 1 is 1.35 bits per heavy atom. The second-order valence-electron chi connectivity index (χ2n) is 6.24. The van der Waals surface area contributed by atoms with Gasteiger partial charge < -0.3 is 10.6 Å². The molecule has 3 rings (SSSR count). The summed E-state index contributed by atoms with van der Waals surface area (Å²) in [5.41, 5.74) is 1.56. The molecule has 1 aliphatic heterocycles. The van der Waals surface area contributed by atoms with E-state index in [0.29, 0.717) is 17.7 Å². The minimum absolute atomic E-state index is 0.00230. The summed E-state index contributed by atoms with van der Waals surface area (Å²) < 4.78 is 0. The second kappa shape index (κ2) is 6.91. The van der Waals surface area contributed by atoms with Crippen molar-refractivity contribution in [2.45, 2.75) is 38.8 Å². The smallest absolute Gasteiger partial charge is 0.226 e. The van der Waals surface area contributed by atoms with E-state index < -0.39 is 0 Å². The number of amides is 1. The molecule has 2 aromatic rings. The SMILES string of the molecule is CC1CCNC(C)C1NC(=O)Cc1cnn(-c2ccccc2)n1. The van der Waals surface area contributed by atoms with Gasteiger partial charge in [-0.05, 0) is 37.9 Å². The van der Waals surface area contributed by atoms with Gasteiger partial charge in [0, 0.05) is 12.1 Å². The van der Waals surface area contributed by atoms with E-state index in [1.165, 1.54) is 0 Å². The van der Waals surface area contributed by atoms with Gasteiger partial charge in [-0.25, -0.2) is 0 Å². The minimum atomic E-state index is -0.00230. The van der Waals surface area contributed by atoms with E-state index in [1.54, 1.807) is 11.0 Å². The maximum Gasteiger partial charge on any atom is 0.226 e. The van der Waals surface area contributed by atoms with Crippen molar-refractivity contribution >= 4 is 5.91 Å². The number of carbonyl (C=O) groups is 1. The lowest BCUT2D eigenvalue weighted by Crippen LogP contribution is -2.56. The first kappa shape index (κ1) is 15.7. The fraction of sp³-hybridized carbons (Fsp3) is 0.471. The third-order valence-corrected chi connectivity index (χ3v) is 4.41. The number of nitrogens with one attached hydrogen (secondary N) is 2. The lowest BCUT2D eigenvalue weighted by molar-refractivity contribution is -0.121. The van der Waals surface area contributed by atoms with Crippen molar-refractivity contribution in [1.29, 1.82) is 0 Å². The van der Waals surface area contributed by atoms with E-state index in [4.69, 9.17) is 0 Å². The van der Waals surface area contributed by atoms with Gasteiger partial charge in [-0.2, -0.15) is 15.0 Å². The summed E-state index contributed by atoms with van der Waals surface area (Å²) in [5, 5.41) is 15.2. The van der Waals surface area contributed by atoms with Gasteiger partial charge in [0.15, 0.2) is 0 Å². The first-order valence-corrected chi connectivity index (χ1v) is 8.13. The highest BCUT2D eigenvalue weighted by Gasteiger charge is 2.28. The number of aromatic nitrogens is 3. The van der Waals surface area contributed by atoms with Crippen molar-refractivity contribution in [3.63, 3.8) is 0 Å². The number of nitrogens with zero attached hydrogens (tertiary/aromatic N) is 3. The third-order valence-electron chi connectivity index (χ3n) is 4.41. The van der Waals surface area contributed by atoms with Gasteiger partial charge >= 0.3 is 0 Å². The number of benzene rings is 1. The third kappa shape index (κ3) is 3.76. The molecule has 1 aliphatic rings. The maximum atomic E-state index is 12.3. The molecule has 1 aromatic carbocycles. The largest absolute Gasteiger partial charge is 0.351 e. The van der Waals surface area contributed by atoms with Gasteiger partial charge in [0.05, 0.1) is 24.0 Å². The van der Waals surface area contributed by atoms with E-state index in [1.807, 2.05) is 30.3 Å². The van der Waals surface area contributed by atoms with Crippen molar-refractivity contribution in [3.8, 4) is 5.69 Å². The molecule has 2 N–H and O–H groups in total. The molecule has 0 aliphatic carbocycles. The molecule has 1 amide bonds. The molecule has 0 saturated carbocycles. The van der Waals surface area contributed by atoms with Crippen molar-refractivity contribution < 1.29 is 4.79 Å². The Hall–Kier alpha value is -2.21. The summed E-state index contributed by atoms with van der Waals surface area (Å²) in [6, 6.07) is 10.1. The summed E-state index contributed by atoms with van der Waals surface area (Å²) in [4.78, 5) is 13.9. The highest BCUT2D eigenvalue weighted by molar-refractivity contribution is 5.78. The molecule has 0 bridgehead atoms. The zero-order valence-corrected chi connectivity index (χ0v) is 13.6. The first-order valence-electron chi connectivity index (χ1n) is 8.13. The predicted octanol–water partition coefficient (Wildman–Crippen LogP) is 1.31. The van der Waals surface area contributed by atoms with Crippen LogP contribution in [0.2, 0.25) is 0 Å². The van der Waals surface area contributed by atoms with Gasteiger partial charge in [-0.3, -0.25) is 4.79 Å². The monoisotopic (exact) mass is 313 g/mol. The fourth-order valence-electron chi connectivity index (χ4n) is 3.07. The average molecular weight is 313 g/mol. The molecule has 23 heavy (non-hydrogen) atoms. The lowest BCUT2D eigenvalue weighted by Gasteiger charge is -2.35. The summed E-state index contributed by atoms with van der Waals surface area (Å²) in [7, 11) is 0. The Bertz CT molecular complexity index is 644. The Kier molecular flexibility index (Phi) is 4.71. The zero-order valence-electron chi connectivity index (χ0n) is 13.6. The van der Waals surface area contributed by atoms with Crippen LogP contribution < -0.4 is 10.6 Å². The van der Waals surface area contributed by atoms with Crippen LogP contribution in [0, 0.1) is 5.92 Å². The Balaban J connectivity index is 1.61. The standard InChI is InChI=1S/C17H23N5O/c1-12-8-9-18-13(2)17(12)20-16(23)10-14-11-19-22(21-14)15-6-4-3-5-7-15/h3-7,11-13,17-18H,8-10H2,1-2H3,(H,20,23). The quantitative estimate of drug-likeness (QED) is 0.893. The van der Waals surface area contributed by atoms with Crippen LogP contribution in [-0.4, -0.2) is 39.5 Å². The molecule has 3 unspecified atom stereocenters. The van der Waals surface area contributed by atoms with E-state index in [0.717, 1.165) is 18.7 Å². The summed E-state index contributed by atoms with van der Waals surface area (Å²) in [5.74, 6) is 0.479. The van der Waals surface area contributed by atoms with Crippen LogP contribution in [0.4, 0.5) is 0 Å². The first-order chi connectivity index (χ1) is 11.1. The number of para-hydroxylation sites is 1. The molecule has 1 saturated heterocycles. The highest BCUT2D eigenvalue weighted by atomic mass is 16.1. The molecule has 0 spiro atoms. The van der Waals surface area contributed by atoms with E-state index >= 15 is 0 Å². The van der Waals surface area contributed by atoms with Crippen molar-refractivity contribution in [1.82, 2.24) is 25.6 Å². The van der Waals surface area contributed by atoms with Gasteiger partial charge in [0.1, 0.15) is 0 Å². The number of rotatable bonds is 4. The normalized spacial score (nSPS) is 24.3. The highest BCUT2D eigenvalue weighted by Crippen LogP contribution is 2.16. The van der Waals surface area contributed by atoms with Crippen molar-refractivity contribution in [2.24, 2.45) is 5.92 Å². The van der Waals surface area contributed by atoms with Crippen LogP contribution in [0.1, 0.15) is 26.0 Å². The van der Waals surface area contributed by atoms with E-state index in [-0.39, 0.29) is 18.4 Å². The molecular formula is C17H23N5O. The van der Waals surface area contributed by atoms with E-state index in [2.05, 4.69) is 34.7 Å². The topological polar surface area (TPSA) is 71.8 Å². The summed E-state index contributed by atoms with van der Waals surface area (Å²) in [6.07, 6.45) is 2.99. The number of piperidine rings is 1. The van der Waals surface area contributed by atoms with Gasteiger partial charge in [-0.15, -0.1) is 0 Å². The molecule has 1 fully saturated rings. The maximum absolute atomic E-state index is 12.3. The van der Waals surface area contributed by atoms with Crippen LogP contribution in [-0.2, 0) is 11.2 Å². The van der Waals surface area contributed by atoms with Crippen molar-refractivity contribution in [2.75, 3.05) is 6.54 Å². The number of carbonyl (C=O) groups excluding carboxylic acids is 1. The number of hydrogen-bond acceptors (Lipinski definition) is 4. The molecule has 6 nitrogen and oxygen atoms in total. The summed E-state index contributed by atoms with van der Waals surface area (Å²) >= 11 is 0. The van der Waals surface area contributed by atoms with E-state index in [9.17, 15) is 4.79 Å². The van der Waals surface area contributed by atoms with Crippen LogP contribution >= 0.6 is 0 Å². The Morgan fingerprint density at radius 3 is 2.87 bits per heavy atom. The Morgan fingerprint density at radius 2 is 2.13 bits per heavy atom. The van der Waals surface area contributed by atoms with Crippen LogP contribution in [0.3, 0.4) is 0 Å². The van der Waals surface area contributed by atoms with Gasteiger partial charge in [0.2, 0.25) is 5.91 Å². The molecule has 122 valence electrons. The molecule has 2 heterocycles. The molecule has 3 atom stereocenters. The Labute approximate surface area is 136 Å². The molecular weight excluding hydrogens is 290 g/mol. The van der Waals surface area contributed by atoms with Crippen LogP contribution in [0.5, 0.6) is 0 Å². The summed E-state index contributed by atoms with van der Waals surface area (Å²) in [6.45, 7) is 5.32. The van der Waals surface area contributed by atoms with Crippen LogP contribution in [0.15, 0.2) is 36.5 Å². The fourth-order valence-corrected chi connectivity index (χ4v) is 3.07. The lowest BCUT2D eigenvalue weighted by atomic mass is 9.89. The molecule has 0 radical (unpaired) electrons. The van der Waals surface area contributed by atoms with Gasteiger partial charge in [0.25, 0.3) is 0 Å². The molecule has 6 heteroatoms. The number of hydrogen-bond donors (Lipinski definition) is 2. The van der Waals surface area contributed by atoms with Gasteiger partial charge in [-0.1, -0.05) is 25.1 Å². The predicted molar refractivity (Wildman–Crippen MR) is 88.2 cm³/mol. The van der Waals surface area contributed by atoms with Crippen LogP contribution in [0.25, 0.3) is 5.69 Å². The zero-order chi connectivity index (χ0) is 16.2.